The Morgan fingerprint density at radius 1 is 1.38 bits per heavy atom. The standard InChI is InChI=1S/C11H9BrN2O2/c1-7-13-11(14-16-7)9-4-2-8(3-5-9)10(15)6-12/h2-5H,6H2,1H3. The van der Waals surface area contributed by atoms with Crippen molar-refractivity contribution in [2.45, 2.75) is 6.92 Å². The molecular formula is C11H9BrN2O2. The Morgan fingerprint density at radius 2 is 2.06 bits per heavy atom. The van der Waals surface area contributed by atoms with Gasteiger partial charge in [0.05, 0.1) is 5.33 Å². The van der Waals surface area contributed by atoms with Crippen LogP contribution in [0.1, 0.15) is 16.2 Å². The van der Waals surface area contributed by atoms with E-state index in [2.05, 4.69) is 26.1 Å². The number of Topliss-reactive ketones (excluding diaryl/α,β-unsaturated/α-hetero) is 1. The Labute approximate surface area is 101 Å². The van der Waals surface area contributed by atoms with Crippen molar-refractivity contribution >= 4 is 21.7 Å². The summed E-state index contributed by atoms with van der Waals surface area (Å²) in [5.41, 5.74) is 1.50. The van der Waals surface area contributed by atoms with E-state index < -0.39 is 0 Å². The molecule has 0 N–H and O–H groups in total. The quantitative estimate of drug-likeness (QED) is 0.641. The summed E-state index contributed by atoms with van der Waals surface area (Å²) in [5, 5.41) is 4.13. The van der Waals surface area contributed by atoms with E-state index >= 15 is 0 Å². The van der Waals surface area contributed by atoms with E-state index in [4.69, 9.17) is 4.52 Å². The van der Waals surface area contributed by atoms with E-state index in [0.717, 1.165) is 5.56 Å². The molecule has 0 aliphatic rings. The third-order valence-corrected chi connectivity index (χ3v) is 2.62. The molecule has 2 rings (SSSR count). The highest BCUT2D eigenvalue weighted by Crippen LogP contribution is 2.16. The van der Waals surface area contributed by atoms with Gasteiger partial charge in [0.15, 0.2) is 5.78 Å². The highest BCUT2D eigenvalue weighted by Gasteiger charge is 2.07. The van der Waals surface area contributed by atoms with Crippen LogP contribution in [0.3, 0.4) is 0 Å². The van der Waals surface area contributed by atoms with Gasteiger partial charge in [-0.2, -0.15) is 4.98 Å². The number of rotatable bonds is 3. The number of nitrogens with zero attached hydrogens (tertiary/aromatic N) is 2. The predicted molar refractivity (Wildman–Crippen MR) is 62.6 cm³/mol. The van der Waals surface area contributed by atoms with Crippen LogP contribution in [0.4, 0.5) is 0 Å². The minimum atomic E-state index is 0.0517. The van der Waals surface area contributed by atoms with Crippen LogP contribution in [0.25, 0.3) is 11.4 Å². The summed E-state index contributed by atoms with van der Waals surface area (Å²) in [4.78, 5) is 15.5. The van der Waals surface area contributed by atoms with Crippen molar-refractivity contribution in [2.75, 3.05) is 5.33 Å². The molecule has 1 aromatic heterocycles. The molecule has 5 heteroatoms. The molecule has 0 amide bonds. The molecule has 82 valence electrons. The van der Waals surface area contributed by atoms with E-state index in [1.807, 2.05) is 0 Å². The summed E-state index contributed by atoms with van der Waals surface area (Å²) in [7, 11) is 0. The van der Waals surface area contributed by atoms with Crippen LogP contribution >= 0.6 is 15.9 Å². The molecule has 2 aromatic rings. The van der Waals surface area contributed by atoms with Gasteiger partial charge in [-0.3, -0.25) is 4.79 Å². The average molecular weight is 281 g/mol. The fourth-order valence-electron chi connectivity index (χ4n) is 1.30. The molecule has 0 radical (unpaired) electrons. The lowest BCUT2D eigenvalue weighted by Gasteiger charge is -1.98. The zero-order valence-corrected chi connectivity index (χ0v) is 10.2. The third-order valence-electron chi connectivity index (χ3n) is 2.11. The summed E-state index contributed by atoms with van der Waals surface area (Å²) in [6.07, 6.45) is 0. The van der Waals surface area contributed by atoms with Gasteiger partial charge in [0.2, 0.25) is 11.7 Å². The largest absolute Gasteiger partial charge is 0.339 e. The van der Waals surface area contributed by atoms with Crippen LogP contribution in [-0.2, 0) is 0 Å². The summed E-state index contributed by atoms with van der Waals surface area (Å²) < 4.78 is 4.88. The van der Waals surface area contributed by atoms with Gasteiger partial charge in [-0.25, -0.2) is 0 Å². The molecule has 0 fully saturated rings. The number of aryl methyl sites for hydroxylation is 1. The van der Waals surface area contributed by atoms with Gasteiger partial charge >= 0.3 is 0 Å². The van der Waals surface area contributed by atoms with Crippen molar-refractivity contribution in [1.82, 2.24) is 10.1 Å². The Morgan fingerprint density at radius 3 is 2.56 bits per heavy atom. The normalized spacial score (nSPS) is 10.4. The van der Waals surface area contributed by atoms with Gasteiger partial charge in [-0.05, 0) is 0 Å². The number of ketones is 1. The predicted octanol–water partition coefficient (Wildman–Crippen LogP) is 2.62. The Hall–Kier alpha value is -1.49. The number of alkyl halides is 1. The second-order valence-electron chi connectivity index (χ2n) is 3.27. The summed E-state index contributed by atoms with van der Waals surface area (Å²) in [5.74, 6) is 1.11. The first-order valence-corrected chi connectivity index (χ1v) is 5.83. The van der Waals surface area contributed by atoms with Crippen molar-refractivity contribution in [2.24, 2.45) is 0 Å². The first-order chi connectivity index (χ1) is 7.70. The van der Waals surface area contributed by atoms with Crippen LogP contribution in [0.2, 0.25) is 0 Å². The summed E-state index contributed by atoms with van der Waals surface area (Å²) in [6, 6.07) is 7.12. The topological polar surface area (TPSA) is 56.0 Å². The molecule has 0 bridgehead atoms. The van der Waals surface area contributed by atoms with Gasteiger partial charge in [0, 0.05) is 18.1 Å². The fraction of sp³-hybridized carbons (Fsp3) is 0.182. The Bertz CT molecular complexity index is 505. The van der Waals surface area contributed by atoms with Crippen molar-refractivity contribution in [1.29, 1.82) is 0 Å². The van der Waals surface area contributed by atoms with Crippen LogP contribution in [0, 0.1) is 6.92 Å². The minimum absolute atomic E-state index is 0.0517. The molecule has 0 saturated heterocycles. The van der Waals surface area contributed by atoms with E-state index in [0.29, 0.717) is 22.6 Å². The lowest BCUT2D eigenvalue weighted by atomic mass is 10.1. The van der Waals surface area contributed by atoms with Crippen molar-refractivity contribution in [3.05, 3.63) is 35.7 Å². The minimum Gasteiger partial charge on any atom is -0.339 e. The molecule has 1 aromatic carbocycles. The molecule has 4 nitrogen and oxygen atoms in total. The number of carbonyl (C=O) groups excluding carboxylic acids is 1. The molecule has 1 heterocycles. The number of aromatic nitrogens is 2. The molecule has 16 heavy (non-hydrogen) atoms. The number of hydrogen-bond donors (Lipinski definition) is 0. The maximum absolute atomic E-state index is 11.4. The first-order valence-electron chi connectivity index (χ1n) is 4.70. The zero-order valence-electron chi connectivity index (χ0n) is 8.61. The van der Waals surface area contributed by atoms with Gasteiger partial charge in [-0.15, -0.1) is 0 Å². The molecule has 0 unspecified atom stereocenters. The van der Waals surface area contributed by atoms with Crippen molar-refractivity contribution < 1.29 is 9.32 Å². The SMILES string of the molecule is Cc1nc(-c2ccc(C(=O)CBr)cc2)no1. The molecule has 0 aliphatic carbocycles. The number of carbonyl (C=O) groups is 1. The second-order valence-corrected chi connectivity index (χ2v) is 3.83. The van der Waals surface area contributed by atoms with Crippen molar-refractivity contribution in [3.8, 4) is 11.4 Å². The smallest absolute Gasteiger partial charge is 0.223 e. The Kier molecular flexibility index (Phi) is 3.14. The highest BCUT2D eigenvalue weighted by atomic mass is 79.9. The molecule has 0 saturated carbocycles. The van der Waals surface area contributed by atoms with E-state index in [9.17, 15) is 4.79 Å². The lowest BCUT2D eigenvalue weighted by Crippen LogP contribution is -1.99. The monoisotopic (exact) mass is 280 g/mol. The zero-order chi connectivity index (χ0) is 11.5. The number of hydrogen-bond acceptors (Lipinski definition) is 4. The van der Waals surface area contributed by atoms with Crippen LogP contribution in [0.5, 0.6) is 0 Å². The highest BCUT2D eigenvalue weighted by molar-refractivity contribution is 9.09. The van der Waals surface area contributed by atoms with E-state index in [1.165, 1.54) is 0 Å². The van der Waals surface area contributed by atoms with Crippen LogP contribution in [-0.4, -0.2) is 21.3 Å². The molecule has 0 aliphatic heterocycles. The summed E-state index contributed by atoms with van der Waals surface area (Å²) >= 11 is 3.13. The second kappa shape index (κ2) is 4.57. The number of benzene rings is 1. The van der Waals surface area contributed by atoms with Crippen LogP contribution < -0.4 is 0 Å². The van der Waals surface area contributed by atoms with Gasteiger partial charge in [0.25, 0.3) is 0 Å². The molecular weight excluding hydrogens is 272 g/mol. The van der Waals surface area contributed by atoms with Gasteiger partial charge in [-0.1, -0.05) is 45.4 Å². The lowest BCUT2D eigenvalue weighted by molar-refractivity contribution is 0.102. The average Bonchev–Trinajstić information content (AvgIpc) is 2.75. The van der Waals surface area contributed by atoms with Gasteiger partial charge in [0.1, 0.15) is 0 Å². The molecule has 0 atom stereocenters. The summed E-state index contributed by atoms with van der Waals surface area (Å²) in [6.45, 7) is 1.74. The number of halogens is 1. The van der Waals surface area contributed by atoms with Gasteiger partial charge < -0.3 is 4.52 Å². The first kappa shape index (κ1) is 11.0. The Balaban J connectivity index is 2.29. The van der Waals surface area contributed by atoms with E-state index in [1.54, 1.807) is 31.2 Å². The maximum atomic E-state index is 11.4. The molecule has 0 spiro atoms. The van der Waals surface area contributed by atoms with Crippen LogP contribution in [0.15, 0.2) is 28.8 Å². The van der Waals surface area contributed by atoms with E-state index in [-0.39, 0.29) is 5.78 Å². The third kappa shape index (κ3) is 2.19. The maximum Gasteiger partial charge on any atom is 0.223 e. The fourth-order valence-corrected chi connectivity index (χ4v) is 1.62. The van der Waals surface area contributed by atoms with Crippen molar-refractivity contribution in [3.63, 3.8) is 0 Å².